The number of benzene rings is 1. The molecule has 19 heavy (non-hydrogen) atoms. The van der Waals surface area contributed by atoms with Gasteiger partial charge in [-0.15, -0.1) is 0 Å². The summed E-state index contributed by atoms with van der Waals surface area (Å²) < 4.78 is 1.24. The molecular formula is C16H21ClIN. The van der Waals surface area contributed by atoms with Gasteiger partial charge >= 0.3 is 0 Å². The molecule has 1 fully saturated rings. The highest BCUT2D eigenvalue weighted by molar-refractivity contribution is 14.1. The molecule has 0 N–H and O–H groups in total. The Morgan fingerprint density at radius 3 is 2.53 bits per heavy atom. The molecule has 0 aromatic heterocycles. The molecule has 1 unspecified atom stereocenters. The molecule has 0 spiro atoms. The number of hydrogen-bond acceptors (Lipinski definition) is 1. The van der Waals surface area contributed by atoms with Gasteiger partial charge in [-0.05, 0) is 60.1 Å². The first-order valence-corrected chi connectivity index (χ1v) is 8.67. The number of nitrogens with zero attached hydrogens (tertiary/aromatic N) is 1. The molecule has 1 saturated carbocycles. The first-order chi connectivity index (χ1) is 8.94. The number of halogens is 2. The molecule has 0 saturated heterocycles. The molecule has 2 aliphatic rings. The molecule has 1 aromatic rings. The zero-order valence-electron chi connectivity index (χ0n) is 11.8. The monoisotopic (exact) mass is 389 g/mol. The maximum atomic E-state index is 6.35. The van der Waals surface area contributed by atoms with E-state index in [9.17, 15) is 0 Å². The summed E-state index contributed by atoms with van der Waals surface area (Å²) in [4.78, 5) is 2.68. The summed E-state index contributed by atoms with van der Waals surface area (Å²) in [5.41, 5.74) is 3.07. The van der Waals surface area contributed by atoms with Gasteiger partial charge < -0.3 is 4.90 Å². The normalized spacial score (nSPS) is 25.9. The van der Waals surface area contributed by atoms with Crippen molar-refractivity contribution in [3.05, 3.63) is 26.3 Å². The smallest absolute Gasteiger partial charge is 0.0544 e. The average Bonchev–Trinajstić information content (AvgIpc) is 2.92. The molecular weight excluding hydrogens is 369 g/mol. The maximum Gasteiger partial charge on any atom is 0.0544 e. The lowest BCUT2D eigenvalue weighted by Crippen LogP contribution is -2.44. The number of hydrogen-bond donors (Lipinski definition) is 0. The van der Waals surface area contributed by atoms with Crippen molar-refractivity contribution in [1.82, 2.24) is 0 Å². The van der Waals surface area contributed by atoms with E-state index in [4.69, 9.17) is 11.6 Å². The highest BCUT2D eigenvalue weighted by Gasteiger charge is 2.46. The van der Waals surface area contributed by atoms with Crippen LogP contribution in [0.3, 0.4) is 0 Å². The van der Waals surface area contributed by atoms with Crippen LogP contribution in [0.25, 0.3) is 0 Å². The van der Waals surface area contributed by atoms with E-state index in [0.29, 0.717) is 6.04 Å². The van der Waals surface area contributed by atoms with Crippen molar-refractivity contribution in [3.8, 4) is 0 Å². The minimum Gasteiger partial charge on any atom is -0.365 e. The number of anilines is 1. The van der Waals surface area contributed by atoms with Crippen LogP contribution in [0.5, 0.6) is 0 Å². The molecule has 0 bridgehead atoms. The summed E-state index contributed by atoms with van der Waals surface area (Å²) in [6.07, 6.45) is 5.46. The molecule has 1 heterocycles. The lowest BCUT2D eigenvalue weighted by molar-refractivity contribution is 0.412. The third kappa shape index (κ3) is 2.01. The van der Waals surface area contributed by atoms with Gasteiger partial charge in [0.25, 0.3) is 0 Å². The second kappa shape index (κ2) is 4.80. The molecule has 1 aromatic carbocycles. The quantitative estimate of drug-likeness (QED) is 0.583. The Morgan fingerprint density at radius 2 is 1.89 bits per heavy atom. The molecule has 3 heteroatoms. The highest BCUT2D eigenvalue weighted by Crippen LogP contribution is 2.50. The second-order valence-corrected chi connectivity index (χ2v) is 7.98. The fourth-order valence-corrected chi connectivity index (χ4v) is 5.14. The Kier molecular flexibility index (Phi) is 3.54. The van der Waals surface area contributed by atoms with E-state index in [1.54, 1.807) is 0 Å². The molecule has 104 valence electrons. The molecule has 3 rings (SSSR count). The van der Waals surface area contributed by atoms with Crippen LogP contribution in [0, 0.1) is 3.57 Å². The Balaban J connectivity index is 2.14. The number of fused-ring (bicyclic) bond motifs is 1. The summed E-state index contributed by atoms with van der Waals surface area (Å²) in [5, 5.41) is 0.896. The van der Waals surface area contributed by atoms with E-state index in [1.165, 1.54) is 40.5 Å². The van der Waals surface area contributed by atoms with E-state index < -0.39 is 0 Å². The van der Waals surface area contributed by atoms with Gasteiger partial charge in [-0.1, -0.05) is 38.3 Å². The highest BCUT2D eigenvalue weighted by atomic mass is 127. The predicted octanol–water partition coefficient (Wildman–Crippen LogP) is 5.37. The first-order valence-electron chi connectivity index (χ1n) is 7.21. The van der Waals surface area contributed by atoms with Crippen molar-refractivity contribution in [2.24, 2.45) is 0 Å². The van der Waals surface area contributed by atoms with Crippen LogP contribution in [0.1, 0.15) is 52.0 Å². The maximum absolute atomic E-state index is 6.35. The largest absolute Gasteiger partial charge is 0.365 e. The van der Waals surface area contributed by atoms with Crippen LogP contribution in [0.2, 0.25) is 5.02 Å². The summed E-state index contributed by atoms with van der Waals surface area (Å²) in [5.74, 6) is 0. The molecule has 0 amide bonds. The lowest BCUT2D eigenvalue weighted by Gasteiger charge is -2.36. The van der Waals surface area contributed by atoms with Gasteiger partial charge in [0, 0.05) is 26.8 Å². The predicted molar refractivity (Wildman–Crippen MR) is 91.4 cm³/mol. The minimum atomic E-state index is 0.180. The van der Waals surface area contributed by atoms with Crippen molar-refractivity contribution in [2.45, 2.75) is 64.0 Å². The summed E-state index contributed by atoms with van der Waals surface area (Å²) in [6, 6.07) is 5.59. The standard InChI is InChI=1S/C16H21ClIN/c1-10-16(2,3)14-13(9-8-12(17)15(14)18)19(10)11-6-4-5-7-11/h8-11H,4-7H2,1-3H3. The molecule has 1 aliphatic carbocycles. The second-order valence-electron chi connectivity index (χ2n) is 6.50. The summed E-state index contributed by atoms with van der Waals surface area (Å²) in [7, 11) is 0. The average molecular weight is 390 g/mol. The molecule has 1 aliphatic heterocycles. The number of rotatable bonds is 1. The molecule has 0 radical (unpaired) electrons. The van der Waals surface area contributed by atoms with E-state index in [-0.39, 0.29) is 5.41 Å². The van der Waals surface area contributed by atoms with Gasteiger partial charge in [-0.3, -0.25) is 0 Å². The Hall–Kier alpha value is 0.0400. The van der Waals surface area contributed by atoms with Gasteiger partial charge in [0.2, 0.25) is 0 Å². The van der Waals surface area contributed by atoms with Crippen LogP contribution < -0.4 is 4.90 Å². The van der Waals surface area contributed by atoms with Crippen molar-refractivity contribution < 1.29 is 0 Å². The topological polar surface area (TPSA) is 3.24 Å². The van der Waals surface area contributed by atoms with Crippen molar-refractivity contribution in [2.75, 3.05) is 4.90 Å². The molecule has 1 atom stereocenters. The lowest BCUT2D eigenvalue weighted by atomic mass is 9.81. The summed E-state index contributed by atoms with van der Waals surface area (Å²) in [6.45, 7) is 7.11. The van der Waals surface area contributed by atoms with E-state index in [2.05, 4.69) is 60.4 Å². The van der Waals surface area contributed by atoms with Gasteiger partial charge in [-0.25, -0.2) is 0 Å². The fraction of sp³-hybridized carbons (Fsp3) is 0.625. The van der Waals surface area contributed by atoms with E-state index >= 15 is 0 Å². The van der Waals surface area contributed by atoms with Crippen LogP contribution in [0.4, 0.5) is 5.69 Å². The van der Waals surface area contributed by atoms with Crippen LogP contribution in [-0.4, -0.2) is 12.1 Å². The minimum absolute atomic E-state index is 0.180. The third-order valence-electron chi connectivity index (χ3n) is 5.18. The first kappa shape index (κ1) is 14.0. The fourth-order valence-electron chi connectivity index (χ4n) is 3.83. The third-order valence-corrected chi connectivity index (χ3v) is 6.93. The van der Waals surface area contributed by atoms with Crippen molar-refractivity contribution >= 4 is 39.9 Å². The van der Waals surface area contributed by atoms with Gasteiger partial charge in [-0.2, -0.15) is 0 Å². The van der Waals surface area contributed by atoms with E-state index in [0.717, 1.165) is 11.1 Å². The Bertz CT molecular complexity index is 506. The van der Waals surface area contributed by atoms with Crippen LogP contribution in [0.15, 0.2) is 12.1 Å². The Morgan fingerprint density at radius 1 is 1.26 bits per heavy atom. The van der Waals surface area contributed by atoms with Crippen LogP contribution in [-0.2, 0) is 5.41 Å². The van der Waals surface area contributed by atoms with Crippen LogP contribution >= 0.6 is 34.2 Å². The van der Waals surface area contributed by atoms with Gasteiger partial charge in [0.1, 0.15) is 0 Å². The van der Waals surface area contributed by atoms with Crippen molar-refractivity contribution in [3.63, 3.8) is 0 Å². The van der Waals surface area contributed by atoms with Gasteiger partial charge in [0.05, 0.1) is 5.02 Å². The Labute approximate surface area is 134 Å². The SMILES string of the molecule is CC1N(C2CCCC2)c2ccc(Cl)c(I)c2C1(C)C. The zero-order valence-corrected chi connectivity index (χ0v) is 14.8. The van der Waals surface area contributed by atoms with Gasteiger partial charge in [0.15, 0.2) is 0 Å². The zero-order chi connectivity index (χ0) is 13.8. The summed E-state index contributed by atoms with van der Waals surface area (Å²) >= 11 is 8.77. The van der Waals surface area contributed by atoms with Crippen molar-refractivity contribution in [1.29, 1.82) is 0 Å². The van der Waals surface area contributed by atoms with E-state index in [1.807, 2.05) is 0 Å². The molecule has 1 nitrogen and oxygen atoms in total.